The van der Waals surface area contributed by atoms with Gasteiger partial charge in [-0.2, -0.15) is 5.10 Å². The Balaban J connectivity index is 1.29. The number of para-hydroxylation sites is 1. The summed E-state index contributed by atoms with van der Waals surface area (Å²) in [5.41, 5.74) is 1.32. The van der Waals surface area contributed by atoms with Crippen molar-refractivity contribution >= 4 is 17.5 Å². The van der Waals surface area contributed by atoms with Gasteiger partial charge in [-0.3, -0.25) is 9.69 Å². The first-order valence-corrected chi connectivity index (χ1v) is 10.1. The molecule has 3 aromatic rings. The maximum atomic E-state index is 13.4. The number of hydrogen-bond acceptors (Lipinski definition) is 4. The highest BCUT2D eigenvalue weighted by atomic mass is 35.5. The lowest BCUT2D eigenvalue weighted by atomic mass is 10.2. The zero-order valence-corrected chi connectivity index (χ0v) is 17.1. The van der Waals surface area contributed by atoms with Crippen LogP contribution in [0.2, 0.25) is 5.02 Å². The Morgan fingerprint density at radius 1 is 1.07 bits per heavy atom. The fraction of sp³-hybridized carbons (Fsp3) is 0.273. The van der Waals surface area contributed by atoms with E-state index < -0.39 is 0 Å². The summed E-state index contributed by atoms with van der Waals surface area (Å²) in [6.45, 7) is 3.53. The summed E-state index contributed by atoms with van der Waals surface area (Å²) < 4.78 is 20.6. The van der Waals surface area contributed by atoms with E-state index in [-0.39, 0.29) is 18.5 Å². The van der Waals surface area contributed by atoms with Gasteiger partial charge in [-0.05, 0) is 35.9 Å². The SMILES string of the molecule is O=C(c1ccn(COc2ccccc2Cl)n1)N1CCN(Cc2cccc(F)c2)CC1. The van der Waals surface area contributed by atoms with E-state index in [4.69, 9.17) is 16.3 Å². The van der Waals surface area contributed by atoms with Crippen molar-refractivity contribution in [1.29, 1.82) is 0 Å². The fourth-order valence-corrected chi connectivity index (χ4v) is 3.60. The van der Waals surface area contributed by atoms with Gasteiger partial charge in [0.25, 0.3) is 5.91 Å². The van der Waals surface area contributed by atoms with Gasteiger partial charge in [0, 0.05) is 38.9 Å². The van der Waals surface area contributed by atoms with Gasteiger partial charge >= 0.3 is 0 Å². The summed E-state index contributed by atoms with van der Waals surface area (Å²) in [6.07, 6.45) is 1.71. The number of carbonyl (C=O) groups excluding carboxylic acids is 1. The van der Waals surface area contributed by atoms with Crippen LogP contribution >= 0.6 is 11.6 Å². The van der Waals surface area contributed by atoms with Gasteiger partial charge in [0.15, 0.2) is 12.4 Å². The number of rotatable bonds is 6. The van der Waals surface area contributed by atoms with Crippen LogP contribution in [0.4, 0.5) is 4.39 Å². The van der Waals surface area contributed by atoms with Crippen LogP contribution in [0.3, 0.4) is 0 Å². The van der Waals surface area contributed by atoms with Gasteiger partial charge in [-0.1, -0.05) is 35.9 Å². The van der Waals surface area contributed by atoms with Crippen molar-refractivity contribution in [3.8, 4) is 5.75 Å². The number of benzene rings is 2. The number of aromatic nitrogens is 2. The van der Waals surface area contributed by atoms with Gasteiger partial charge in [0.2, 0.25) is 0 Å². The van der Waals surface area contributed by atoms with Crippen molar-refractivity contribution in [2.75, 3.05) is 26.2 Å². The molecule has 8 heteroatoms. The second-order valence-corrected chi connectivity index (χ2v) is 7.55. The molecule has 0 atom stereocenters. The predicted octanol–water partition coefficient (Wildman–Crippen LogP) is 3.67. The van der Waals surface area contributed by atoms with Crippen molar-refractivity contribution in [2.24, 2.45) is 0 Å². The molecule has 2 heterocycles. The molecule has 2 aromatic carbocycles. The lowest BCUT2D eigenvalue weighted by molar-refractivity contribution is 0.0620. The molecule has 0 aliphatic carbocycles. The zero-order valence-electron chi connectivity index (χ0n) is 16.4. The van der Waals surface area contributed by atoms with E-state index in [1.165, 1.54) is 6.07 Å². The van der Waals surface area contributed by atoms with E-state index >= 15 is 0 Å². The molecule has 30 heavy (non-hydrogen) atoms. The van der Waals surface area contributed by atoms with Gasteiger partial charge in [-0.15, -0.1) is 0 Å². The molecule has 0 radical (unpaired) electrons. The lowest BCUT2D eigenvalue weighted by Crippen LogP contribution is -2.48. The highest BCUT2D eigenvalue weighted by Crippen LogP contribution is 2.23. The molecule has 1 saturated heterocycles. The highest BCUT2D eigenvalue weighted by molar-refractivity contribution is 6.32. The van der Waals surface area contributed by atoms with Crippen LogP contribution in [-0.4, -0.2) is 51.7 Å². The summed E-state index contributed by atoms with van der Waals surface area (Å²) >= 11 is 6.08. The molecule has 0 saturated carbocycles. The Kier molecular flexibility index (Phi) is 6.30. The molecule has 1 aliphatic rings. The minimum Gasteiger partial charge on any atom is -0.470 e. The highest BCUT2D eigenvalue weighted by Gasteiger charge is 2.23. The van der Waals surface area contributed by atoms with Crippen LogP contribution in [-0.2, 0) is 13.3 Å². The van der Waals surface area contributed by atoms with E-state index in [0.717, 1.165) is 18.7 Å². The third-order valence-corrected chi connectivity index (χ3v) is 5.32. The molecule has 4 rings (SSSR count). The van der Waals surface area contributed by atoms with Gasteiger partial charge < -0.3 is 9.64 Å². The lowest BCUT2D eigenvalue weighted by Gasteiger charge is -2.34. The molecule has 1 fully saturated rings. The number of ether oxygens (including phenoxy) is 1. The van der Waals surface area contributed by atoms with Crippen molar-refractivity contribution in [1.82, 2.24) is 19.6 Å². The summed E-state index contributed by atoms with van der Waals surface area (Å²) in [4.78, 5) is 16.8. The average molecular weight is 429 g/mol. The first-order valence-electron chi connectivity index (χ1n) is 9.75. The molecule has 0 spiro atoms. The molecule has 1 aliphatic heterocycles. The van der Waals surface area contributed by atoms with Crippen molar-refractivity contribution in [3.05, 3.63) is 82.9 Å². The van der Waals surface area contributed by atoms with Crippen LogP contribution in [0.25, 0.3) is 0 Å². The van der Waals surface area contributed by atoms with Gasteiger partial charge in [0.05, 0.1) is 5.02 Å². The van der Waals surface area contributed by atoms with Crippen LogP contribution in [0.1, 0.15) is 16.1 Å². The molecular weight excluding hydrogens is 407 g/mol. The second kappa shape index (κ2) is 9.28. The average Bonchev–Trinajstić information content (AvgIpc) is 3.22. The molecule has 0 unspecified atom stereocenters. The Labute approximate surface area is 179 Å². The molecular formula is C22H22ClFN4O2. The minimum atomic E-state index is -0.226. The maximum absolute atomic E-state index is 13.4. The zero-order chi connectivity index (χ0) is 20.9. The third-order valence-electron chi connectivity index (χ3n) is 5.00. The Bertz CT molecular complexity index is 1020. The molecule has 0 bridgehead atoms. The third kappa shape index (κ3) is 4.98. The smallest absolute Gasteiger partial charge is 0.274 e. The molecule has 6 nitrogen and oxygen atoms in total. The molecule has 156 valence electrons. The number of hydrogen-bond donors (Lipinski definition) is 0. The Morgan fingerprint density at radius 2 is 1.87 bits per heavy atom. The predicted molar refractivity (Wildman–Crippen MR) is 112 cm³/mol. The van der Waals surface area contributed by atoms with Gasteiger partial charge in [-0.25, -0.2) is 9.07 Å². The summed E-state index contributed by atoms with van der Waals surface area (Å²) in [5.74, 6) is 0.240. The maximum Gasteiger partial charge on any atom is 0.274 e. The summed E-state index contributed by atoms with van der Waals surface area (Å²) in [5, 5.41) is 4.85. The van der Waals surface area contributed by atoms with Crippen LogP contribution in [0.5, 0.6) is 5.75 Å². The Morgan fingerprint density at radius 3 is 2.63 bits per heavy atom. The standard InChI is InChI=1S/C22H22ClFN4O2/c23-19-6-1-2-7-21(19)30-16-28-9-8-20(25-28)22(29)27-12-10-26(11-13-27)15-17-4-3-5-18(24)14-17/h1-9,14H,10-13,15-16H2. The van der Waals surface area contributed by atoms with Crippen LogP contribution in [0.15, 0.2) is 60.8 Å². The van der Waals surface area contributed by atoms with E-state index in [1.54, 1.807) is 46.1 Å². The first kappa shape index (κ1) is 20.4. The van der Waals surface area contributed by atoms with E-state index in [2.05, 4.69) is 10.00 Å². The van der Waals surface area contributed by atoms with E-state index in [9.17, 15) is 9.18 Å². The van der Waals surface area contributed by atoms with Crippen molar-refractivity contribution in [3.63, 3.8) is 0 Å². The Hall–Kier alpha value is -2.90. The van der Waals surface area contributed by atoms with Crippen molar-refractivity contribution < 1.29 is 13.9 Å². The first-order chi connectivity index (χ1) is 14.6. The monoisotopic (exact) mass is 428 g/mol. The molecule has 1 aromatic heterocycles. The topological polar surface area (TPSA) is 50.6 Å². The summed E-state index contributed by atoms with van der Waals surface area (Å²) in [6, 6.07) is 15.5. The van der Waals surface area contributed by atoms with Crippen LogP contribution < -0.4 is 4.74 Å². The summed E-state index contributed by atoms with van der Waals surface area (Å²) in [7, 11) is 0. The number of nitrogens with zero attached hydrogens (tertiary/aromatic N) is 4. The van der Waals surface area contributed by atoms with Crippen LogP contribution in [0, 0.1) is 5.82 Å². The molecule has 0 N–H and O–H groups in total. The largest absolute Gasteiger partial charge is 0.470 e. The fourth-order valence-electron chi connectivity index (χ4n) is 3.41. The number of halogens is 2. The quantitative estimate of drug-likeness (QED) is 0.601. The number of amides is 1. The molecule has 1 amide bonds. The number of carbonyl (C=O) groups is 1. The van der Waals surface area contributed by atoms with Gasteiger partial charge in [0.1, 0.15) is 11.6 Å². The normalized spacial score (nSPS) is 14.7. The second-order valence-electron chi connectivity index (χ2n) is 7.14. The van der Waals surface area contributed by atoms with Crippen molar-refractivity contribution in [2.45, 2.75) is 13.3 Å². The van der Waals surface area contributed by atoms with E-state index in [0.29, 0.717) is 36.1 Å². The van der Waals surface area contributed by atoms with E-state index in [1.807, 2.05) is 18.2 Å². The number of piperazine rings is 1. The minimum absolute atomic E-state index is 0.100.